The third-order valence-electron chi connectivity index (χ3n) is 5.12. The van der Waals surface area contributed by atoms with E-state index in [-0.39, 0.29) is 5.91 Å². The fourth-order valence-corrected chi connectivity index (χ4v) is 3.53. The molecule has 0 atom stereocenters. The predicted octanol–water partition coefficient (Wildman–Crippen LogP) is 3.73. The molecule has 8 nitrogen and oxygen atoms in total. The predicted molar refractivity (Wildman–Crippen MR) is 116 cm³/mol. The Hall–Kier alpha value is -3.68. The van der Waals surface area contributed by atoms with Gasteiger partial charge in [-0.15, -0.1) is 0 Å². The van der Waals surface area contributed by atoms with E-state index in [4.69, 9.17) is 9.72 Å². The molecule has 0 bridgehead atoms. The summed E-state index contributed by atoms with van der Waals surface area (Å²) in [5.74, 6) is 0.546. The van der Waals surface area contributed by atoms with Gasteiger partial charge in [-0.05, 0) is 51.1 Å². The largest absolute Gasteiger partial charge is 0.497 e. The van der Waals surface area contributed by atoms with Crippen molar-refractivity contribution in [2.75, 3.05) is 12.4 Å². The van der Waals surface area contributed by atoms with Crippen molar-refractivity contribution in [2.24, 2.45) is 7.05 Å². The van der Waals surface area contributed by atoms with Crippen LogP contribution < -0.4 is 10.1 Å². The lowest BCUT2D eigenvalue weighted by Gasteiger charge is -2.09. The van der Waals surface area contributed by atoms with Crippen LogP contribution in [0, 0.1) is 13.8 Å². The molecule has 0 aliphatic carbocycles. The van der Waals surface area contributed by atoms with E-state index in [1.165, 1.54) is 0 Å². The van der Waals surface area contributed by atoms with E-state index in [1.54, 1.807) is 16.5 Å². The van der Waals surface area contributed by atoms with E-state index in [0.29, 0.717) is 22.6 Å². The van der Waals surface area contributed by atoms with Crippen molar-refractivity contribution in [3.05, 3.63) is 53.5 Å². The van der Waals surface area contributed by atoms with Crippen molar-refractivity contribution in [3.63, 3.8) is 0 Å². The molecule has 3 heterocycles. The molecule has 0 fully saturated rings. The quantitative estimate of drug-likeness (QED) is 0.548. The number of carbonyl (C=O) groups excluding carboxylic acids is 1. The smallest absolute Gasteiger partial charge is 0.256 e. The highest BCUT2D eigenvalue weighted by molar-refractivity contribution is 6.13. The third-order valence-corrected chi connectivity index (χ3v) is 5.12. The van der Waals surface area contributed by atoms with Crippen molar-refractivity contribution in [2.45, 2.75) is 27.3 Å². The minimum atomic E-state index is -0.216. The average Bonchev–Trinajstić information content (AvgIpc) is 3.25. The molecule has 1 aromatic carbocycles. The van der Waals surface area contributed by atoms with Gasteiger partial charge in [0, 0.05) is 25.4 Å². The summed E-state index contributed by atoms with van der Waals surface area (Å²) in [7, 11) is 3.46. The Morgan fingerprint density at radius 3 is 2.50 bits per heavy atom. The molecule has 4 rings (SSSR count). The summed E-state index contributed by atoms with van der Waals surface area (Å²) < 4.78 is 8.74. The number of aryl methyl sites for hydroxylation is 4. The second kappa shape index (κ2) is 7.62. The zero-order valence-electron chi connectivity index (χ0n) is 17.7. The van der Waals surface area contributed by atoms with Crippen LogP contribution in [-0.4, -0.2) is 37.6 Å². The van der Waals surface area contributed by atoms with Gasteiger partial charge in [0.2, 0.25) is 0 Å². The van der Waals surface area contributed by atoms with Gasteiger partial charge in [-0.3, -0.25) is 14.2 Å². The first-order valence-electron chi connectivity index (χ1n) is 9.75. The molecule has 0 unspecified atom stereocenters. The maximum atomic E-state index is 13.3. The molecule has 0 radical (unpaired) electrons. The Balaban J connectivity index is 1.82. The summed E-state index contributed by atoms with van der Waals surface area (Å²) in [6, 6.07) is 9.41. The summed E-state index contributed by atoms with van der Waals surface area (Å²) in [6.07, 6.45) is 1.84. The van der Waals surface area contributed by atoms with Crippen LogP contribution in [0.15, 0.2) is 36.5 Å². The molecule has 8 heteroatoms. The Kier molecular flexibility index (Phi) is 4.99. The molecule has 3 aromatic heterocycles. The summed E-state index contributed by atoms with van der Waals surface area (Å²) in [5.41, 5.74) is 4.99. The lowest BCUT2D eigenvalue weighted by Crippen LogP contribution is -2.13. The van der Waals surface area contributed by atoms with Gasteiger partial charge < -0.3 is 10.1 Å². The topological polar surface area (TPSA) is 86.9 Å². The lowest BCUT2D eigenvalue weighted by molar-refractivity contribution is 0.102. The molecule has 1 amide bonds. The average molecular weight is 404 g/mol. The van der Waals surface area contributed by atoms with E-state index in [2.05, 4.69) is 15.5 Å². The Morgan fingerprint density at radius 2 is 1.87 bits per heavy atom. The fraction of sp³-hybridized carbons (Fsp3) is 0.273. The Morgan fingerprint density at radius 1 is 1.13 bits per heavy atom. The molecule has 0 aliphatic rings. The molecule has 30 heavy (non-hydrogen) atoms. The van der Waals surface area contributed by atoms with E-state index < -0.39 is 0 Å². The van der Waals surface area contributed by atoms with Gasteiger partial charge in [0.25, 0.3) is 5.91 Å². The normalized spacial score (nSPS) is 11.1. The molecule has 0 saturated carbocycles. The Labute approximate surface area is 174 Å². The van der Waals surface area contributed by atoms with E-state index in [0.717, 1.165) is 34.6 Å². The molecule has 1 N–H and O–H groups in total. The number of rotatable bonds is 5. The van der Waals surface area contributed by atoms with Crippen LogP contribution in [0.2, 0.25) is 0 Å². The Bertz CT molecular complexity index is 1240. The van der Waals surface area contributed by atoms with Crippen LogP contribution in [0.5, 0.6) is 5.75 Å². The number of anilines is 1. The van der Waals surface area contributed by atoms with Crippen molar-refractivity contribution in [1.82, 2.24) is 24.5 Å². The second-order valence-corrected chi connectivity index (χ2v) is 7.13. The molecular formula is C22H24N6O2. The van der Waals surface area contributed by atoms with Crippen LogP contribution >= 0.6 is 0 Å². The number of aromatic nitrogens is 5. The minimum absolute atomic E-state index is 0.216. The highest BCUT2D eigenvalue weighted by atomic mass is 16.5. The monoisotopic (exact) mass is 404 g/mol. The zero-order valence-corrected chi connectivity index (χ0v) is 17.7. The number of nitrogens with one attached hydrogen (secondary N) is 1. The number of methoxy groups -OCH3 is 1. The van der Waals surface area contributed by atoms with E-state index in [1.807, 2.05) is 64.3 Å². The van der Waals surface area contributed by atoms with Crippen molar-refractivity contribution >= 4 is 22.6 Å². The summed E-state index contributed by atoms with van der Waals surface area (Å²) in [6.45, 7) is 6.50. The van der Waals surface area contributed by atoms with Crippen molar-refractivity contribution in [3.8, 4) is 17.0 Å². The standard InChI is InChI=1S/C22H24N6O2/c1-6-28-12-19(13(2)26-28)24-22(29)17-11-18(15-7-9-16(30-5)10-8-15)23-21-20(17)14(3)25-27(21)4/h7-12H,6H2,1-5H3,(H,24,29). The molecular weight excluding hydrogens is 380 g/mol. The summed E-state index contributed by atoms with van der Waals surface area (Å²) in [4.78, 5) is 18.1. The molecule has 0 aliphatic heterocycles. The van der Waals surface area contributed by atoms with Crippen LogP contribution in [-0.2, 0) is 13.6 Å². The maximum absolute atomic E-state index is 13.3. The highest BCUT2D eigenvalue weighted by Gasteiger charge is 2.20. The first kappa shape index (κ1) is 19.6. The van der Waals surface area contributed by atoms with Gasteiger partial charge in [0.1, 0.15) is 5.75 Å². The van der Waals surface area contributed by atoms with Crippen LogP contribution in [0.4, 0.5) is 5.69 Å². The summed E-state index contributed by atoms with van der Waals surface area (Å²) in [5, 5.41) is 12.6. The molecule has 0 spiro atoms. The number of benzene rings is 1. The van der Waals surface area contributed by atoms with Gasteiger partial charge in [-0.2, -0.15) is 10.2 Å². The van der Waals surface area contributed by atoms with Gasteiger partial charge in [0.15, 0.2) is 5.65 Å². The number of ether oxygens (including phenoxy) is 1. The summed E-state index contributed by atoms with van der Waals surface area (Å²) >= 11 is 0. The first-order valence-corrected chi connectivity index (χ1v) is 9.75. The third kappa shape index (κ3) is 3.41. The van der Waals surface area contributed by atoms with Gasteiger partial charge in [0.05, 0.1) is 40.8 Å². The number of pyridine rings is 1. The number of hydrogen-bond acceptors (Lipinski definition) is 5. The second-order valence-electron chi connectivity index (χ2n) is 7.13. The SMILES string of the molecule is CCn1cc(NC(=O)c2cc(-c3ccc(OC)cc3)nc3c2c(C)nn3C)c(C)n1. The van der Waals surface area contributed by atoms with Crippen molar-refractivity contribution < 1.29 is 9.53 Å². The van der Waals surface area contributed by atoms with E-state index >= 15 is 0 Å². The lowest BCUT2D eigenvalue weighted by atomic mass is 10.0. The number of fused-ring (bicyclic) bond motifs is 1. The van der Waals surface area contributed by atoms with E-state index in [9.17, 15) is 4.79 Å². The highest BCUT2D eigenvalue weighted by Crippen LogP contribution is 2.28. The number of carbonyl (C=O) groups is 1. The van der Waals surface area contributed by atoms with Gasteiger partial charge >= 0.3 is 0 Å². The van der Waals surface area contributed by atoms with Gasteiger partial charge in [-0.25, -0.2) is 4.98 Å². The minimum Gasteiger partial charge on any atom is -0.497 e. The fourth-order valence-electron chi connectivity index (χ4n) is 3.53. The number of nitrogens with zero attached hydrogens (tertiary/aromatic N) is 5. The number of hydrogen-bond donors (Lipinski definition) is 1. The van der Waals surface area contributed by atoms with Crippen LogP contribution in [0.3, 0.4) is 0 Å². The first-order chi connectivity index (χ1) is 14.4. The molecule has 4 aromatic rings. The zero-order chi connectivity index (χ0) is 21.4. The molecule has 154 valence electrons. The van der Waals surface area contributed by atoms with Crippen LogP contribution in [0.25, 0.3) is 22.3 Å². The molecule has 0 saturated heterocycles. The number of amides is 1. The maximum Gasteiger partial charge on any atom is 0.256 e. The van der Waals surface area contributed by atoms with Gasteiger partial charge in [-0.1, -0.05) is 0 Å². The van der Waals surface area contributed by atoms with Crippen LogP contribution in [0.1, 0.15) is 28.7 Å². The van der Waals surface area contributed by atoms with Crippen molar-refractivity contribution in [1.29, 1.82) is 0 Å².